The zero-order valence-electron chi connectivity index (χ0n) is 11.0. The Balaban J connectivity index is 2.35. The van der Waals surface area contributed by atoms with E-state index >= 15 is 0 Å². The summed E-state index contributed by atoms with van der Waals surface area (Å²) in [4.78, 5) is 22.4. The van der Waals surface area contributed by atoms with Gasteiger partial charge in [0, 0.05) is 0 Å². The van der Waals surface area contributed by atoms with Gasteiger partial charge < -0.3 is 14.8 Å². The van der Waals surface area contributed by atoms with Crippen LogP contribution in [0.1, 0.15) is 52.9 Å². The summed E-state index contributed by atoms with van der Waals surface area (Å²) in [6, 6.07) is -0.409. The lowest BCUT2D eigenvalue weighted by Crippen LogP contribution is -2.40. The van der Waals surface area contributed by atoms with E-state index < -0.39 is 17.7 Å². The molecule has 1 amide bonds. The van der Waals surface area contributed by atoms with Gasteiger partial charge in [-0.15, -0.1) is 0 Å². The van der Waals surface area contributed by atoms with Gasteiger partial charge in [-0.3, -0.25) is 0 Å². The molecular weight excluding hydrogens is 218 g/mol. The van der Waals surface area contributed by atoms with Crippen LogP contribution in [0.25, 0.3) is 0 Å². The third kappa shape index (κ3) is 5.71. The van der Waals surface area contributed by atoms with Crippen molar-refractivity contribution in [2.75, 3.05) is 0 Å². The number of carbonyl (C=O) groups excluding carboxylic acids is 2. The molecule has 0 bridgehead atoms. The highest BCUT2D eigenvalue weighted by Gasteiger charge is 2.23. The van der Waals surface area contributed by atoms with Crippen LogP contribution in [-0.2, 0) is 9.53 Å². The predicted octanol–water partition coefficient (Wildman–Crippen LogP) is 2.66. The lowest BCUT2D eigenvalue weighted by Gasteiger charge is -2.22. The third-order valence-electron chi connectivity index (χ3n) is 2.93. The van der Waals surface area contributed by atoms with Gasteiger partial charge in [0.2, 0.25) is 0 Å². The molecular formula is C13H23NO3. The summed E-state index contributed by atoms with van der Waals surface area (Å²) in [5.41, 5.74) is -0.523. The number of aldehydes is 1. The van der Waals surface area contributed by atoms with Crippen molar-refractivity contribution in [2.24, 2.45) is 5.92 Å². The second-order valence-electron chi connectivity index (χ2n) is 5.77. The maximum atomic E-state index is 11.5. The van der Waals surface area contributed by atoms with E-state index in [0.717, 1.165) is 12.7 Å². The number of hydrogen-bond donors (Lipinski definition) is 1. The standard InChI is InChI=1S/C13H23NO3/c1-13(2,3)17-12(16)14-11(9-15)8-10-6-4-5-7-10/h9-11H,4-8H2,1-3H3,(H,14,16). The third-order valence-corrected chi connectivity index (χ3v) is 2.93. The summed E-state index contributed by atoms with van der Waals surface area (Å²) in [6.07, 6.45) is 5.85. The van der Waals surface area contributed by atoms with Crippen molar-refractivity contribution in [3.63, 3.8) is 0 Å². The largest absolute Gasteiger partial charge is 0.444 e. The lowest BCUT2D eigenvalue weighted by atomic mass is 9.99. The van der Waals surface area contributed by atoms with Crippen LogP contribution in [0, 0.1) is 5.92 Å². The van der Waals surface area contributed by atoms with E-state index in [0.29, 0.717) is 5.92 Å². The molecule has 4 heteroatoms. The lowest BCUT2D eigenvalue weighted by molar-refractivity contribution is -0.110. The highest BCUT2D eigenvalue weighted by molar-refractivity contribution is 5.73. The Kier molecular flexibility index (Phi) is 4.97. The van der Waals surface area contributed by atoms with Crippen LogP contribution in [0.15, 0.2) is 0 Å². The van der Waals surface area contributed by atoms with E-state index in [1.54, 1.807) is 20.8 Å². The monoisotopic (exact) mass is 241 g/mol. The molecule has 0 saturated heterocycles. The molecule has 0 heterocycles. The number of ether oxygens (including phenoxy) is 1. The van der Waals surface area contributed by atoms with Crippen LogP contribution in [0.2, 0.25) is 0 Å². The van der Waals surface area contributed by atoms with Crippen molar-refractivity contribution in [1.29, 1.82) is 0 Å². The Bertz CT molecular complexity index is 264. The summed E-state index contributed by atoms with van der Waals surface area (Å²) in [7, 11) is 0. The Labute approximate surface area is 103 Å². The first-order valence-corrected chi connectivity index (χ1v) is 6.35. The Morgan fingerprint density at radius 3 is 2.47 bits per heavy atom. The SMILES string of the molecule is CC(C)(C)OC(=O)NC(C=O)CC1CCCC1. The number of alkyl carbamates (subject to hydrolysis) is 1. The molecule has 1 unspecified atom stereocenters. The second kappa shape index (κ2) is 6.03. The quantitative estimate of drug-likeness (QED) is 0.770. The topological polar surface area (TPSA) is 55.4 Å². The van der Waals surface area contributed by atoms with Crippen molar-refractivity contribution in [1.82, 2.24) is 5.32 Å². The van der Waals surface area contributed by atoms with Crippen molar-refractivity contribution in [2.45, 2.75) is 64.5 Å². The van der Waals surface area contributed by atoms with Gasteiger partial charge in [0.15, 0.2) is 0 Å². The molecule has 0 aromatic heterocycles. The van der Waals surface area contributed by atoms with Gasteiger partial charge in [0.1, 0.15) is 11.9 Å². The number of rotatable bonds is 4. The van der Waals surface area contributed by atoms with Crippen molar-refractivity contribution in [3.05, 3.63) is 0 Å². The van der Waals surface area contributed by atoms with Crippen LogP contribution in [0.4, 0.5) is 4.79 Å². The zero-order chi connectivity index (χ0) is 12.9. The number of nitrogens with one attached hydrogen (secondary N) is 1. The van der Waals surface area contributed by atoms with Crippen LogP contribution in [-0.4, -0.2) is 24.0 Å². The van der Waals surface area contributed by atoms with Gasteiger partial charge in [-0.1, -0.05) is 25.7 Å². The van der Waals surface area contributed by atoms with Gasteiger partial charge in [-0.2, -0.15) is 0 Å². The van der Waals surface area contributed by atoms with E-state index in [1.165, 1.54) is 25.7 Å². The number of amides is 1. The van der Waals surface area contributed by atoms with Crippen LogP contribution in [0.5, 0.6) is 0 Å². The predicted molar refractivity (Wildman–Crippen MR) is 65.8 cm³/mol. The molecule has 0 spiro atoms. The second-order valence-corrected chi connectivity index (χ2v) is 5.77. The van der Waals surface area contributed by atoms with Crippen LogP contribution in [0.3, 0.4) is 0 Å². The average molecular weight is 241 g/mol. The molecule has 1 aliphatic rings. The van der Waals surface area contributed by atoms with Gasteiger partial charge in [0.05, 0.1) is 6.04 Å². The molecule has 0 aromatic rings. The van der Waals surface area contributed by atoms with E-state index in [2.05, 4.69) is 5.32 Å². The molecule has 1 rings (SSSR count). The van der Waals surface area contributed by atoms with Gasteiger partial charge in [-0.25, -0.2) is 4.79 Å². The van der Waals surface area contributed by atoms with E-state index in [4.69, 9.17) is 4.74 Å². The minimum Gasteiger partial charge on any atom is -0.444 e. The first kappa shape index (κ1) is 14.0. The summed E-state index contributed by atoms with van der Waals surface area (Å²) in [5.74, 6) is 0.570. The minimum atomic E-state index is -0.523. The summed E-state index contributed by atoms with van der Waals surface area (Å²) in [5, 5.41) is 2.62. The fourth-order valence-corrected chi connectivity index (χ4v) is 2.21. The normalized spacial score (nSPS) is 18.8. The summed E-state index contributed by atoms with van der Waals surface area (Å²) < 4.78 is 5.13. The molecule has 0 aliphatic heterocycles. The van der Waals surface area contributed by atoms with Crippen molar-refractivity contribution < 1.29 is 14.3 Å². The fraction of sp³-hybridized carbons (Fsp3) is 0.846. The smallest absolute Gasteiger partial charge is 0.408 e. The first-order valence-electron chi connectivity index (χ1n) is 6.35. The molecule has 1 N–H and O–H groups in total. The average Bonchev–Trinajstić information content (AvgIpc) is 2.66. The molecule has 1 aliphatic carbocycles. The first-order chi connectivity index (χ1) is 7.90. The Hall–Kier alpha value is -1.06. The van der Waals surface area contributed by atoms with Crippen molar-refractivity contribution >= 4 is 12.4 Å². The van der Waals surface area contributed by atoms with E-state index in [-0.39, 0.29) is 0 Å². The maximum Gasteiger partial charge on any atom is 0.408 e. The summed E-state index contributed by atoms with van der Waals surface area (Å²) in [6.45, 7) is 5.42. The number of carbonyl (C=O) groups is 2. The molecule has 0 radical (unpaired) electrons. The highest BCUT2D eigenvalue weighted by atomic mass is 16.6. The molecule has 98 valence electrons. The highest BCUT2D eigenvalue weighted by Crippen LogP contribution is 2.28. The fourth-order valence-electron chi connectivity index (χ4n) is 2.21. The van der Waals surface area contributed by atoms with Crippen LogP contribution < -0.4 is 5.32 Å². The van der Waals surface area contributed by atoms with Crippen molar-refractivity contribution in [3.8, 4) is 0 Å². The van der Waals surface area contributed by atoms with E-state index in [1.807, 2.05) is 0 Å². The van der Waals surface area contributed by atoms with Gasteiger partial charge >= 0.3 is 6.09 Å². The Morgan fingerprint density at radius 1 is 1.41 bits per heavy atom. The molecule has 17 heavy (non-hydrogen) atoms. The van der Waals surface area contributed by atoms with Gasteiger partial charge in [0.25, 0.3) is 0 Å². The molecule has 1 fully saturated rings. The minimum absolute atomic E-state index is 0.409. The molecule has 0 aromatic carbocycles. The molecule has 1 saturated carbocycles. The molecule has 4 nitrogen and oxygen atoms in total. The van der Waals surface area contributed by atoms with E-state index in [9.17, 15) is 9.59 Å². The zero-order valence-corrected chi connectivity index (χ0v) is 11.0. The Morgan fingerprint density at radius 2 is 2.00 bits per heavy atom. The summed E-state index contributed by atoms with van der Waals surface area (Å²) >= 11 is 0. The van der Waals surface area contributed by atoms with Crippen LogP contribution >= 0.6 is 0 Å². The number of hydrogen-bond acceptors (Lipinski definition) is 3. The molecule has 1 atom stereocenters. The van der Waals surface area contributed by atoms with Gasteiger partial charge in [-0.05, 0) is 33.1 Å². The maximum absolute atomic E-state index is 11.5.